The van der Waals surface area contributed by atoms with E-state index in [1.165, 1.54) is 0 Å². The van der Waals surface area contributed by atoms with Crippen molar-refractivity contribution in [2.75, 3.05) is 13.2 Å². The second kappa shape index (κ2) is 3.85. The normalized spacial score (nSPS) is 18.9. The molecule has 4 heteroatoms. The van der Waals surface area contributed by atoms with Crippen molar-refractivity contribution in [3.05, 3.63) is 12.2 Å². The number of alkyl carbamates (subject to hydrolysis) is 1. The van der Waals surface area contributed by atoms with Crippen LogP contribution in [0.2, 0.25) is 0 Å². The summed E-state index contributed by atoms with van der Waals surface area (Å²) in [5.74, 6) is 0. The Labute approximate surface area is 90.6 Å². The van der Waals surface area contributed by atoms with Crippen molar-refractivity contribution in [3.63, 3.8) is 0 Å². The molecule has 1 heterocycles. The first kappa shape index (κ1) is 12.0. The van der Waals surface area contributed by atoms with Gasteiger partial charge in [-0.05, 0) is 27.7 Å². The van der Waals surface area contributed by atoms with Crippen molar-refractivity contribution in [1.29, 1.82) is 0 Å². The van der Waals surface area contributed by atoms with Gasteiger partial charge in [0, 0.05) is 0 Å². The van der Waals surface area contributed by atoms with Crippen LogP contribution in [0, 0.1) is 0 Å². The van der Waals surface area contributed by atoms with Gasteiger partial charge in [0.25, 0.3) is 0 Å². The summed E-state index contributed by atoms with van der Waals surface area (Å²) in [4.78, 5) is 11.5. The van der Waals surface area contributed by atoms with Crippen LogP contribution in [0.4, 0.5) is 4.79 Å². The summed E-state index contributed by atoms with van der Waals surface area (Å²) >= 11 is 0. The largest absolute Gasteiger partial charge is 0.444 e. The summed E-state index contributed by atoms with van der Waals surface area (Å²) < 4.78 is 10.3. The fourth-order valence-corrected chi connectivity index (χ4v) is 1.23. The number of rotatable bonds is 2. The smallest absolute Gasteiger partial charge is 0.408 e. The Hall–Kier alpha value is -1.03. The van der Waals surface area contributed by atoms with Gasteiger partial charge < -0.3 is 14.8 Å². The quantitative estimate of drug-likeness (QED) is 0.712. The number of carbonyl (C=O) groups excluding carboxylic acids is 1. The minimum atomic E-state index is -0.481. The molecule has 1 rings (SSSR count). The second-order valence-corrected chi connectivity index (χ2v) is 4.98. The van der Waals surface area contributed by atoms with Crippen LogP contribution >= 0.6 is 0 Å². The van der Waals surface area contributed by atoms with Crippen molar-refractivity contribution < 1.29 is 14.3 Å². The summed E-state index contributed by atoms with van der Waals surface area (Å²) in [7, 11) is 0. The van der Waals surface area contributed by atoms with Gasteiger partial charge in [-0.3, -0.25) is 0 Å². The van der Waals surface area contributed by atoms with E-state index in [4.69, 9.17) is 9.47 Å². The van der Waals surface area contributed by atoms with Crippen LogP contribution < -0.4 is 5.32 Å². The topological polar surface area (TPSA) is 47.6 Å². The summed E-state index contributed by atoms with van der Waals surface area (Å²) in [6, 6.07) is 0. The molecule has 1 saturated heterocycles. The standard InChI is InChI=1S/C11H19NO3/c1-8(2)11(6-14-7-11)12-9(13)15-10(3,4)5/h1,6-7H2,2-5H3,(H,12,13). The maximum atomic E-state index is 11.5. The molecule has 0 spiro atoms. The van der Waals surface area contributed by atoms with Gasteiger partial charge in [0.15, 0.2) is 0 Å². The van der Waals surface area contributed by atoms with Gasteiger partial charge in [0.05, 0.1) is 13.2 Å². The van der Waals surface area contributed by atoms with Crippen LogP contribution in [-0.2, 0) is 9.47 Å². The molecule has 0 aromatic carbocycles. The molecule has 1 fully saturated rings. The van der Waals surface area contributed by atoms with Crippen LogP contribution in [-0.4, -0.2) is 30.4 Å². The van der Waals surface area contributed by atoms with Crippen molar-refractivity contribution in [3.8, 4) is 0 Å². The molecular weight excluding hydrogens is 194 g/mol. The summed E-state index contributed by atoms with van der Waals surface area (Å²) in [5.41, 5.74) is -0.0209. The van der Waals surface area contributed by atoms with Gasteiger partial charge in [-0.15, -0.1) is 0 Å². The lowest BCUT2D eigenvalue weighted by molar-refractivity contribution is -0.0568. The SMILES string of the molecule is C=C(C)C1(NC(=O)OC(C)(C)C)COC1. The first-order valence-corrected chi connectivity index (χ1v) is 5.00. The van der Waals surface area contributed by atoms with Crippen LogP contribution in [0.1, 0.15) is 27.7 Å². The first-order valence-electron chi connectivity index (χ1n) is 5.00. The van der Waals surface area contributed by atoms with E-state index in [0.717, 1.165) is 5.57 Å². The molecule has 0 saturated carbocycles. The van der Waals surface area contributed by atoms with Gasteiger partial charge in [0.2, 0.25) is 0 Å². The van der Waals surface area contributed by atoms with E-state index in [1.807, 2.05) is 27.7 Å². The molecule has 1 aliphatic rings. The molecule has 0 radical (unpaired) electrons. The molecular formula is C11H19NO3. The molecule has 1 N–H and O–H groups in total. The van der Waals surface area contributed by atoms with Crippen molar-refractivity contribution in [1.82, 2.24) is 5.32 Å². The Morgan fingerprint density at radius 3 is 2.27 bits per heavy atom. The Morgan fingerprint density at radius 2 is 2.00 bits per heavy atom. The van der Waals surface area contributed by atoms with E-state index in [1.54, 1.807) is 0 Å². The average Bonchev–Trinajstić information content (AvgIpc) is 1.92. The Kier molecular flexibility index (Phi) is 3.09. The molecule has 0 aromatic rings. The van der Waals surface area contributed by atoms with Crippen LogP contribution in [0.15, 0.2) is 12.2 Å². The zero-order chi connectivity index (χ0) is 11.7. The van der Waals surface area contributed by atoms with Gasteiger partial charge in [-0.25, -0.2) is 4.79 Å². The van der Waals surface area contributed by atoms with E-state index < -0.39 is 17.2 Å². The maximum Gasteiger partial charge on any atom is 0.408 e. The minimum absolute atomic E-state index is 0.422. The predicted molar refractivity (Wildman–Crippen MR) is 57.7 cm³/mol. The lowest BCUT2D eigenvalue weighted by Gasteiger charge is -2.42. The highest BCUT2D eigenvalue weighted by molar-refractivity contribution is 5.70. The second-order valence-electron chi connectivity index (χ2n) is 4.98. The molecule has 0 bridgehead atoms. The van der Waals surface area contributed by atoms with Crippen LogP contribution in [0.3, 0.4) is 0 Å². The molecule has 15 heavy (non-hydrogen) atoms. The average molecular weight is 213 g/mol. The number of hydrogen-bond donors (Lipinski definition) is 1. The highest BCUT2D eigenvalue weighted by Crippen LogP contribution is 2.25. The fraction of sp³-hybridized carbons (Fsp3) is 0.727. The van der Waals surface area contributed by atoms with E-state index in [9.17, 15) is 4.79 Å². The number of hydrogen-bond acceptors (Lipinski definition) is 3. The lowest BCUT2D eigenvalue weighted by atomic mass is 9.90. The van der Waals surface area contributed by atoms with Crippen LogP contribution in [0.25, 0.3) is 0 Å². The first-order chi connectivity index (χ1) is 6.75. The molecule has 0 unspecified atom stereocenters. The summed E-state index contributed by atoms with van der Waals surface area (Å²) in [6.45, 7) is 12.2. The van der Waals surface area contributed by atoms with Gasteiger partial charge >= 0.3 is 6.09 Å². The molecule has 86 valence electrons. The molecule has 4 nitrogen and oxygen atoms in total. The minimum Gasteiger partial charge on any atom is -0.444 e. The van der Waals surface area contributed by atoms with Crippen LogP contribution in [0.5, 0.6) is 0 Å². The molecule has 0 atom stereocenters. The van der Waals surface area contributed by atoms with Gasteiger partial charge in [-0.2, -0.15) is 0 Å². The van der Waals surface area contributed by atoms with Crippen molar-refractivity contribution in [2.24, 2.45) is 0 Å². The number of amides is 1. The third-order valence-corrected chi connectivity index (χ3v) is 2.25. The molecule has 1 amide bonds. The van der Waals surface area contributed by atoms with E-state index in [0.29, 0.717) is 13.2 Å². The van der Waals surface area contributed by atoms with E-state index >= 15 is 0 Å². The van der Waals surface area contributed by atoms with Gasteiger partial charge in [-0.1, -0.05) is 12.2 Å². The van der Waals surface area contributed by atoms with E-state index in [2.05, 4.69) is 11.9 Å². The molecule has 0 aliphatic carbocycles. The van der Waals surface area contributed by atoms with E-state index in [-0.39, 0.29) is 0 Å². The van der Waals surface area contributed by atoms with Crippen molar-refractivity contribution >= 4 is 6.09 Å². The molecule has 1 aliphatic heterocycles. The number of ether oxygens (including phenoxy) is 2. The number of nitrogens with one attached hydrogen (secondary N) is 1. The highest BCUT2D eigenvalue weighted by atomic mass is 16.6. The maximum absolute atomic E-state index is 11.5. The molecule has 0 aromatic heterocycles. The van der Waals surface area contributed by atoms with Crippen molar-refractivity contribution in [2.45, 2.75) is 38.8 Å². The monoisotopic (exact) mass is 213 g/mol. The number of carbonyl (C=O) groups is 1. The zero-order valence-electron chi connectivity index (χ0n) is 9.85. The fourth-order valence-electron chi connectivity index (χ4n) is 1.23. The van der Waals surface area contributed by atoms with Gasteiger partial charge in [0.1, 0.15) is 11.1 Å². The highest BCUT2D eigenvalue weighted by Gasteiger charge is 2.41. The Bertz CT molecular complexity index is 274. The predicted octanol–water partition coefficient (Wildman–Crippen LogP) is 1.86. The zero-order valence-corrected chi connectivity index (χ0v) is 9.85. The Morgan fingerprint density at radius 1 is 1.47 bits per heavy atom. The Balaban J connectivity index is 2.54. The lowest BCUT2D eigenvalue weighted by Crippen LogP contribution is -2.63. The summed E-state index contributed by atoms with van der Waals surface area (Å²) in [5, 5.41) is 2.80. The summed E-state index contributed by atoms with van der Waals surface area (Å²) in [6.07, 6.45) is -0.422. The third kappa shape index (κ3) is 2.96. The third-order valence-electron chi connectivity index (χ3n) is 2.25.